The average molecular weight is 161 g/mol. The van der Waals surface area contributed by atoms with Crippen LogP contribution in [0.1, 0.15) is 20.3 Å². The van der Waals surface area contributed by atoms with Crippen molar-refractivity contribution >= 4 is 5.97 Å². The first-order chi connectivity index (χ1) is 4.95. The van der Waals surface area contributed by atoms with E-state index < -0.39 is 18.1 Å². The van der Waals surface area contributed by atoms with Crippen molar-refractivity contribution in [1.82, 2.24) is 0 Å². The third kappa shape index (κ3) is 3.95. The lowest BCUT2D eigenvalue weighted by Crippen LogP contribution is -2.40. The zero-order chi connectivity index (χ0) is 9.02. The van der Waals surface area contributed by atoms with E-state index in [0.717, 1.165) is 0 Å². The standard InChI is InChI=1S/C7H15NO3/c1-4(2)7(8)5(9)3-6(10)11/h4-5,7,9H,3,8H2,1-2H3,(H,10,11). The molecule has 0 saturated carbocycles. The van der Waals surface area contributed by atoms with Crippen molar-refractivity contribution in [1.29, 1.82) is 0 Å². The summed E-state index contributed by atoms with van der Waals surface area (Å²) in [5.74, 6) is -0.919. The van der Waals surface area contributed by atoms with E-state index in [2.05, 4.69) is 0 Å². The quantitative estimate of drug-likeness (QED) is 0.533. The van der Waals surface area contributed by atoms with Gasteiger partial charge in [-0.3, -0.25) is 4.79 Å². The molecule has 2 atom stereocenters. The molecule has 0 heterocycles. The van der Waals surface area contributed by atoms with Gasteiger partial charge in [0.05, 0.1) is 12.5 Å². The van der Waals surface area contributed by atoms with E-state index in [4.69, 9.17) is 15.9 Å². The van der Waals surface area contributed by atoms with E-state index in [9.17, 15) is 4.79 Å². The van der Waals surface area contributed by atoms with Gasteiger partial charge in [0, 0.05) is 6.04 Å². The van der Waals surface area contributed by atoms with Crippen LogP contribution in [0.5, 0.6) is 0 Å². The Morgan fingerprint density at radius 2 is 2.00 bits per heavy atom. The Labute approximate surface area is 66.0 Å². The Kier molecular flexibility index (Phi) is 4.07. The third-order valence-electron chi connectivity index (χ3n) is 1.60. The third-order valence-corrected chi connectivity index (χ3v) is 1.60. The van der Waals surface area contributed by atoms with Crippen molar-refractivity contribution in [3.8, 4) is 0 Å². The van der Waals surface area contributed by atoms with Crippen molar-refractivity contribution < 1.29 is 15.0 Å². The summed E-state index contributed by atoms with van der Waals surface area (Å²) in [4.78, 5) is 10.1. The minimum atomic E-state index is -1.02. The lowest BCUT2D eigenvalue weighted by Gasteiger charge is -2.20. The Balaban J connectivity index is 3.82. The molecule has 0 fully saturated rings. The number of carbonyl (C=O) groups is 1. The van der Waals surface area contributed by atoms with Gasteiger partial charge in [-0.05, 0) is 5.92 Å². The van der Waals surface area contributed by atoms with Crippen LogP contribution in [0, 0.1) is 5.92 Å². The van der Waals surface area contributed by atoms with E-state index in [1.807, 2.05) is 13.8 Å². The van der Waals surface area contributed by atoms with Crippen LogP contribution >= 0.6 is 0 Å². The molecule has 0 aliphatic carbocycles. The van der Waals surface area contributed by atoms with Crippen LogP contribution in [0.15, 0.2) is 0 Å². The second kappa shape index (κ2) is 4.31. The second-order valence-electron chi connectivity index (χ2n) is 2.99. The fraction of sp³-hybridized carbons (Fsp3) is 0.857. The van der Waals surface area contributed by atoms with Gasteiger partial charge < -0.3 is 15.9 Å². The fourth-order valence-corrected chi connectivity index (χ4v) is 0.759. The van der Waals surface area contributed by atoms with E-state index in [1.165, 1.54) is 0 Å². The molecule has 0 bridgehead atoms. The first kappa shape index (κ1) is 10.4. The zero-order valence-electron chi connectivity index (χ0n) is 6.82. The maximum atomic E-state index is 10.1. The van der Waals surface area contributed by atoms with Crippen molar-refractivity contribution in [2.45, 2.75) is 32.4 Å². The number of aliphatic carboxylic acids is 1. The van der Waals surface area contributed by atoms with Gasteiger partial charge in [0.2, 0.25) is 0 Å². The van der Waals surface area contributed by atoms with Crippen LogP contribution in [0.4, 0.5) is 0 Å². The highest BCUT2D eigenvalue weighted by Gasteiger charge is 2.20. The van der Waals surface area contributed by atoms with Gasteiger partial charge in [-0.1, -0.05) is 13.8 Å². The Bertz CT molecular complexity index is 136. The molecule has 0 amide bonds. The van der Waals surface area contributed by atoms with Crippen molar-refractivity contribution in [3.63, 3.8) is 0 Å². The molecule has 0 aromatic carbocycles. The van der Waals surface area contributed by atoms with Gasteiger partial charge in [-0.15, -0.1) is 0 Å². The number of carboxylic acid groups (broad SMARTS) is 1. The number of hydrogen-bond acceptors (Lipinski definition) is 3. The molecule has 0 aliphatic heterocycles. The molecule has 0 spiro atoms. The van der Waals surface area contributed by atoms with Crippen LogP contribution in [0.25, 0.3) is 0 Å². The van der Waals surface area contributed by atoms with Crippen LogP contribution in [0.2, 0.25) is 0 Å². The molecule has 0 aromatic heterocycles. The molecule has 4 N–H and O–H groups in total. The Morgan fingerprint density at radius 1 is 1.55 bits per heavy atom. The highest BCUT2D eigenvalue weighted by atomic mass is 16.4. The molecule has 0 rings (SSSR count). The Morgan fingerprint density at radius 3 is 2.27 bits per heavy atom. The topological polar surface area (TPSA) is 83.5 Å². The van der Waals surface area contributed by atoms with Crippen LogP contribution in [-0.4, -0.2) is 28.3 Å². The highest BCUT2D eigenvalue weighted by molar-refractivity contribution is 5.67. The van der Waals surface area contributed by atoms with Crippen LogP contribution < -0.4 is 5.73 Å². The average Bonchev–Trinajstić information content (AvgIpc) is 1.84. The number of hydrogen-bond donors (Lipinski definition) is 3. The minimum absolute atomic E-state index is 0.101. The molecule has 0 aliphatic rings. The predicted octanol–water partition coefficient (Wildman–Crippen LogP) is -0.195. The monoisotopic (exact) mass is 161 g/mol. The van der Waals surface area contributed by atoms with Crippen molar-refractivity contribution in [2.75, 3.05) is 0 Å². The van der Waals surface area contributed by atoms with Crippen LogP contribution in [-0.2, 0) is 4.79 Å². The van der Waals surface area contributed by atoms with Crippen LogP contribution in [0.3, 0.4) is 0 Å². The fourth-order valence-electron chi connectivity index (χ4n) is 0.759. The lowest BCUT2D eigenvalue weighted by atomic mass is 9.98. The molecular weight excluding hydrogens is 146 g/mol. The summed E-state index contributed by atoms with van der Waals surface area (Å²) in [6, 6.07) is -0.453. The van der Waals surface area contributed by atoms with Gasteiger partial charge >= 0.3 is 5.97 Å². The van der Waals surface area contributed by atoms with E-state index in [0.29, 0.717) is 0 Å². The molecule has 4 nitrogen and oxygen atoms in total. The normalized spacial score (nSPS) is 16.5. The zero-order valence-corrected chi connectivity index (χ0v) is 6.82. The summed E-state index contributed by atoms with van der Waals surface area (Å²) in [6.07, 6.45) is -1.22. The molecule has 66 valence electrons. The largest absolute Gasteiger partial charge is 0.481 e. The summed E-state index contributed by atoms with van der Waals surface area (Å²) < 4.78 is 0. The minimum Gasteiger partial charge on any atom is -0.481 e. The smallest absolute Gasteiger partial charge is 0.306 e. The van der Waals surface area contributed by atoms with Gasteiger partial charge in [-0.2, -0.15) is 0 Å². The molecule has 11 heavy (non-hydrogen) atoms. The first-order valence-electron chi connectivity index (χ1n) is 3.60. The SMILES string of the molecule is CC(C)C(N)C(O)CC(=O)O. The predicted molar refractivity (Wildman–Crippen MR) is 41.1 cm³/mol. The second-order valence-corrected chi connectivity index (χ2v) is 2.99. The molecule has 0 aromatic rings. The molecule has 0 saturated heterocycles. The molecule has 2 unspecified atom stereocenters. The number of nitrogens with two attached hydrogens (primary N) is 1. The number of rotatable bonds is 4. The van der Waals surface area contributed by atoms with Gasteiger partial charge in [-0.25, -0.2) is 0 Å². The summed E-state index contributed by atoms with van der Waals surface area (Å²) in [7, 11) is 0. The van der Waals surface area contributed by atoms with E-state index in [1.54, 1.807) is 0 Å². The summed E-state index contributed by atoms with van der Waals surface area (Å²) in [6.45, 7) is 3.69. The molecule has 4 heteroatoms. The molecular formula is C7H15NO3. The van der Waals surface area contributed by atoms with Gasteiger partial charge in [0.1, 0.15) is 0 Å². The number of aliphatic hydroxyl groups excluding tert-OH is 1. The van der Waals surface area contributed by atoms with Crippen molar-refractivity contribution in [2.24, 2.45) is 11.7 Å². The lowest BCUT2D eigenvalue weighted by molar-refractivity contribution is -0.139. The summed E-state index contributed by atoms with van der Waals surface area (Å²) in [5.41, 5.74) is 5.49. The Hall–Kier alpha value is -0.610. The van der Waals surface area contributed by atoms with Gasteiger partial charge in [0.15, 0.2) is 0 Å². The highest BCUT2D eigenvalue weighted by Crippen LogP contribution is 2.06. The van der Waals surface area contributed by atoms with E-state index >= 15 is 0 Å². The molecule has 0 radical (unpaired) electrons. The number of carboxylic acids is 1. The van der Waals surface area contributed by atoms with Crippen molar-refractivity contribution in [3.05, 3.63) is 0 Å². The van der Waals surface area contributed by atoms with E-state index in [-0.39, 0.29) is 12.3 Å². The van der Waals surface area contributed by atoms with Gasteiger partial charge in [0.25, 0.3) is 0 Å². The first-order valence-corrected chi connectivity index (χ1v) is 3.60. The maximum Gasteiger partial charge on any atom is 0.306 e. The summed E-state index contributed by atoms with van der Waals surface area (Å²) in [5, 5.41) is 17.5. The summed E-state index contributed by atoms with van der Waals surface area (Å²) >= 11 is 0. The maximum absolute atomic E-state index is 10.1. The number of aliphatic hydroxyl groups is 1.